The van der Waals surface area contributed by atoms with Gasteiger partial charge < -0.3 is 19.5 Å². The van der Waals surface area contributed by atoms with Gasteiger partial charge in [0.05, 0.1) is 30.3 Å². The largest absolute Gasteiger partial charge is 0.493 e. The van der Waals surface area contributed by atoms with Gasteiger partial charge in [0.25, 0.3) is 5.91 Å². The Balaban J connectivity index is 1.89. The third-order valence-electron chi connectivity index (χ3n) is 4.36. The van der Waals surface area contributed by atoms with E-state index in [9.17, 15) is 9.59 Å². The zero-order valence-corrected chi connectivity index (χ0v) is 17.2. The van der Waals surface area contributed by atoms with Gasteiger partial charge in [0.2, 0.25) is 0 Å². The van der Waals surface area contributed by atoms with Gasteiger partial charge in [-0.15, -0.1) is 11.3 Å². The molecule has 0 fully saturated rings. The number of esters is 1. The highest BCUT2D eigenvalue weighted by Gasteiger charge is 2.21. The van der Waals surface area contributed by atoms with E-state index in [0.29, 0.717) is 16.4 Å². The average Bonchev–Trinajstić information content (AvgIpc) is 3.27. The van der Waals surface area contributed by atoms with E-state index in [2.05, 4.69) is 5.32 Å². The van der Waals surface area contributed by atoms with Gasteiger partial charge in [-0.2, -0.15) is 0 Å². The van der Waals surface area contributed by atoms with Crippen molar-refractivity contribution in [2.75, 3.05) is 19.5 Å². The van der Waals surface area contributed by atoms with Crippen molar-refractivity contribution in [3.05, 3.63) is 75.5 Å². The van der Waals surface area contributed by atoms with Gasteiger partial charge in [0.1, 0.15) is 6.61 Å². The number of methoxy groups -OCH3 is 2. The number of hydrogen-bond acceptors (Lipinski definition) is 6. The van der Waals surface area contributed by atoms with E-state index in [-0.39, 0.29) is 23.8 Å². The summed E-state index contributed by atoms with van der Waals surface area (Å²) < 4.78 is 16.1. The lowest BCUT2D eigenvalue weighted by Crippen LogP contribution is -2.15. The van der Waals surface area contributed by atoms with Crippen molar-refractivity contribution >= 4 is 28.9 Å². The molecule has 0 radical (unpaired) electrons. The second-order valence-corrected chi connectivity index (χ2v) is 7.13. The van der Waals surface area contributed by atoms with Crippen LogP contribution in [0.4, 0.5) is 5.69 Å². The molecule has 0 unspecified atom stereocenters. The minimum Gasteiger partial charge on any atom is -0.493 e. The van der Waals surface area contributed by atoms with E-state index in [1.54, 1.807) is 23.6 Å². The van der Waals surface area contributed by atoms with Gasteiger partial charge in [0, 0.05) is 12.1 Å². The number of rotatable bonds is 7. The molecule has 0 aliphatic carbocycles. The van der Waals surface area contributed by atoms with Crippen molar-refractivity contribution in [3.8, 4) is 11.5 Å². The smallest absolute Gasteiger partial charge is 0.340 e. The Labute approximate surface area is 173 Å². The van der Waals surface area contributed by atoms with Crippen molar-refractivity contribution in [3.63, 3.8) is 0 Å². The maximum absolute atomic E-state index is 12.8. The van der Waals surface area contributed by atoms with Gasteiger partial charge in [-0.05, 0) is 29.5 Å². The number of aryl methyl sites for hydroxylation is 1. The maximum Gasteiger partial charge on any atom is 0.340 e. The number of ether oxygens (including phenoxy) is 3. The summed E-state index contributed by atoms with van der Waals surface area (Å²) in [5.41, 5.74) is 2.40. The summed E-state index contributed by atoms with van der Waals surface area (Å²) in [4.78, 5) is 25.8. The first-order valence-corrected chi connectivity index (χ1v) is 9.74. The Morgan fingerprint density at radius 2 is 1.72 bits per heavy atom. The highest BCUT2D eigenvalue weighted by molar-refractivity contribution is 7.12. The van der Waals surface area contributed by atoms with Crippen LogP contribution in [0.3, 0.4) is 0 Å². The molecule has 3 rings (SSSR count). The molecule has 0 saturated heterocycles. The molecule has 1 N–H and O–H groups in total. The highest BCUT2D eigenvalue weighted by Crippen LogP contribution is 2.34. The molecule has 29 heavy (non-hydrogen) atoms. The van der Waals surface area contributed by atoms with Gasteiger partial charge in [-0.3, -0.25) is 4.79 Å². The van der Waals surface area contributed by atoms with E-state index in [1.165, 1.54) is 31.6 Å². The van der Waals surface area contributed by atoms with Gasteiger partial charge in [-0.1, -0.05) is 30.3 Å². The first-order chi connectivity index (χ1) is 14.0. The van der Waals surface area contributed by atoms with E-state index < -0.39 is 5.97 Å². The molecule has 0 aliphatic rings. The number of amides is 1. The fourth-order valence-corrected chi connectivity index (χ4v) is 3.35. The van der Waals surface area contributed by atoms with Gasteiger partial charge in [0.15, 0.2) is 11.5 Å². The molecule has 0 saturated carbocycles. The van der Waals surface area contributed by atoms with Crippen LogP contribution < -0.4 is 14.8 Å². The number of carbonyl (C=O) groups excluding carboxylic acids is 2. The lowest BCUT2D eigenvalue weighted by Gasteiger charge is -2.15. The fraction of sp³-hybridized carbons (Fsp3) is 0.182. The predicted octanol–water partition coefficient (Wildman–Crippen LogP) is 4.68. The van der Waals surface area contributed by atoms with Crippen LogP contribution in [0.25, 0.3) is 0 Å². The van der Waals surface area contributed by atoms with Crippen LogP contribution in [-0.2, 0) is 11.3 Å². The first-order valence-electron chi connectivity index (χ1n) is 8.86. The summed E-state index contributed by atoms with van der Waals surface area (Å²) >= 11 is 1.31. The highest BCUT2D eigenvalue weighted by atomic mass is 32.1. The summed E-state index contributed by atoms with van der Waals surface area (Å²) in [7, 11) is 2.96. The summed E-state index contributed by atoms with van der Waals surface area (Å²) in [6, 6.07) is 14.2. The van der Waals surface area contributed by atoms with E-state index in [4.69, 9.17) is 14.2 Å². The van der Waals surface area contributed by atoms with Crippen molar-refractivity contribution in [1.82, 2.24) is 0 Å². The third kappa shape index (κ3) is 4.75. The predicted molar refractivity (Wildman–Crippen MR) is 112 cm³/mol. The second-order valence-electron chi connectivity index (χ2n) is 6.19. The fourth-order valence-electron chi connectivity index (χ4n) is 2.74. The number of carbonyl (C=O) groups is 2. The average molecular weight is 411 g/mol. The number of benzene rings is 2. The monoisotopic (exact) mass is 411 g/mol. The molecule has 6 nitrogen and oxygen atoms in total. The maximum atomic E-state index is 12.8. The SMILES string of the molecule is COc1cc(NC(=O)c2cccs2)c(C(=O)OCc2ccccc2C)cc1OC. The van der Waals surface area contributed by atoms with Crippen molar-refractivity contribution < 1.29 is 23.8 Å². The van der Waals surface area contributed by atoms with Crippen LogP contribution in [0, 0.1) is 6.92 Å². The van der Waals surface area contributed by atoms with Crippen molar-refractivity contribution in [1.29, 1.82) is 0 Å². The van der Waals surface area contributed by atoms with Crippen LogP contribution in [0.2, 0.25) is 0 Å². The molecule has 0 spiro atoms. The van der Waals surface area contributed by atoms with Crippen LogP contribution in [0.15, 0.2) is 53.9 Å². The Kier molecular flexibility index (Phi) is 6.51. The molecule has 2 aromatic carbocycles. The van der Waals surface area contributed by atoms with Gasteiger partial charge >= 0.3 is 5.97 Å². The molecule has 0 bridgehead atoms. The summed E-state index contributed by atoms with van der Waals surface area (Å²) in [6.45, 7) is 2.07. The molecule has 0 aliphatic heterocycles. The number of anilines is 1. The Bertz CT molecular complexity index is 1010. The molecule has 150 valence electrons. The summed E-state index contributed by atoms with van der Waals surface area (Å²) in [5.74, 6) is -0.134. The summed E-state index contributed by atoms with van der Waals surface area (Å²) in [5, 5.41) is 4.57. The van der Waals surface area contributed by atoms with Gasteiger partial charge in [-0.25, -0.2) is 4.79 Å². The normalized spacial score (nSPS) is 10.3. The zero-order valence-electron chi connectivity index (χ0n) is 16.4. The Morgan fingerprint density at radius 1 is 1.00 bits per heavy atom. The topological polar surface area (TPSA) is 73.9 Å². The first kappa shape index (κ1) is 20.4. The Hall–Kier alpha value is -3.32. The second kappa shape index (κ2) is 9.25. The molecule has 1 aromatic heterocycles. The number of hydrogen-bond donors (Lipinski definition) is 1. The van der Waals surface area contributed by atoms with Crippen LogP contribution in [0.1, 0.15) is 31.2 Å². The molecule has 0 atom stereocenters. The van der Waals surface area contributed by atoms with Crippen molar-refractivity contribution in [2.45, 2.75) is 13.5 Å². The molecular weight excluding hydrogens is 390 g/mol. The molecule has 3 aromatic rings. The third-order valence-corrected chi connectivity index (χ3v) is 5.23. The standard InChI is InChI=1S/C22H21NO5S/c1-14-7-4-5-8-15(14)13-28-22(25)16-11-18(26-2)19(27-3)12-17(16)23-21(24)20-9-6-10-29-20/h4-12H,13H2,1-3H3,(H,23,24). The number of nitrogens with one attached hydrogen (secondary N) is 1. The van der Waals surface area contributed by atoms with Crippen LogP contribution in [-0.4, -0.2) is 26.1 Å². The summed E-state index contributed by atoms with van der Waals surface area (Å²) in [6.07, 6.45) is 0. The van der Waals surface area contributed by atoms with E-state index in [0.717, 1.165) is 11.1 Å². The molecule has 1 amide bonds. The van der Waals surface area contributed by atoms with Crippen LogP contribution in [0.5, 0.6) is 11.5 Å². The quantitative estimate of drug-likeness (QED) is 0.571. The van der Waals surface area contributed by atoms with E-state index in [1.807, 2.05) is 31.2 Å². The number of thiophene rings is 1. The van der Waals surface area contributed by atoms with E-state index >= 15 is 0 Å². The van der Waals surface area contributed by atoms with Crippen molar-refractivity contribution in [2.24, 2.45) is 0 Å². The van der Waals surface area contributed by atoms with Crippen LogP contribution >= 0.6 is 11.3 Å². The minimum absolute atomic E-state index is 0.123. The lowest BCUT2D eigenvalue weighted by atomic mass is 10.1. The zero-order chi connectivity index (χ0) is 20.8. The molecular formula is C22H21NO5S. The minimum atomic E-state index is -0.573. The molecule has 1 heterocycles. The lowest BCUT2D eigenvalue weighted by molar-refractivity contribution is 0.0473. The Morgan fingerprint density at radius 3 is 2.38 bits per heavy atom. The molecule has 7 heteroatoms.